The lowest BCUT2D eigenvalue weighted by molar-refractivity contribution is 0.122. The molecule has 0 radical (unpaired) electrons. The Morgan fingerprint density at radius 1 is 0.530 bits per heavy atom. The van der Waals surface area contributed by atoms with Gasteiger partial charge in [0.1, 0.15) is 54.4 Å². The number of thiophene rings is 1. The molecule has 2 unspecified atom stereocenters. The first-order valence-corrected chi connectivity index (χ1v) is 25.8. The van der Waals surface area contributed by atoms with Gasteiger partial charge >= 0.3 is 0 Å². The minimum atomic E-state index is -1.22. The highest BCUT2D eigenvalue weighted by Crippen LogP contribution is 2.34. The first kappa shape index (κ1) is 46.0. The zero-order valence-corrected chi connectivity index (χ0v) is 40.4. The van der Waals surface area contributed by atoms with Gasteiger partial charge in [-0.05, 0) is 45.2 Å². The van der Waals surface area contributed by atoms with E-state index in [4.69, 9.17) is 18.9 Å². The fraction of sp³-hybridized carbons (Fsp3) is 0.476. The lowest BCUT2D eigenvalue weighted by atomic mass is 10.3. The minimum Gasteiger partial charge on any atom is -0.378 e. The summed E-state index contributed by atoms with van der Waals surface area (Å²) in [7, 11) is -2.33. The van der Waals surface area contributed by atoms with Crippen LogP contribution in [0.3, 0.4) is 0 Å². The zero-order valence-electron chi connectivity index (χ0n) is 37.1. The number of ether oxygens (including phenoxy) is 4. The fourth-order valence-corrected chi connectivity index (χ4v) is 11.4. The molecule has 12 heterocycles. The third kappa shape index (κ3) is 10.5. The molecule has 0 bridgehead atoms. The molecule has 0 aliphatic carbocycles. The van der Waals surface area contributed by atoms with Crippen LogP contribution in [0.5, 0.6) is 0 Å². The third-order valence-electron chi connectivity index (χ3n) is 10.9. The van der Waals surface area contributed by atoms with Gasteiger partial charge in [-0.15, -0.1) is 22.7 Å². The summed E-state index contributed by atoms with van der Waals surface area (Å²) in [5, 5.41) is 3.74. The number of fused-ring (bicyclic) bond motifs is 4. The van der Waals surface area contributed by atoms with E-state index in [-0.39, 0.29) is 0 Å². The topological polar surface area (TPSA) is 212 Å². The van der Waals surface area contributed by atoms with E-state index in [9.17, 15) is 8.42 Å². The van der Waals surface area contributed by atoms with Crippen molar-refractivity contribution in [2.75, 3.05) is 125 Å². The number of thiazole rings is 1. The lowest BCUT2D eigenvalue weighted by Gasteiger charge is -2.29. The zero-order chi connectivity index (χ0) is 45.6. The second kappa shape index (κ2) is 21.3. The van der Waals surface area contributed by atoms with Crippen LogP contribution in [0.1, 0.15) is 29.0 Å². The van der Waals surface area contributed by atoms with Crippen molar-refractivity contribution >= 4 is 106 Å². The van der Waals surface area contributed by atoms with Gasteiger partial charge in [-0.1, -0.05) is 0 Å². The predicted molar refractivity (Wildman–Crippen MR) is 258 cm³/mol. The lowest BCUT2D eigenvalue weighted by Crippen LogP contribution is -2.37. The number of anilines is 4. The molecule has 0 N–H and O–H groups in total. The van der Waals surface area contributed by atoms with Crippen LogP contribution in [0.15, 0.2) is 37.1 Å². The number of aliphatic imine (C=N–C) groups is 1. The normalized spacial score (nSPS) is 20.0. The van der Waals surface area contributed by atoms with Crippen LogP contribution in [0.4, 0.5) is 29.1 Å². The first-order chi connectivity index (χ1) is 32.2. The predicted octanol–water partition coefficient (Wildman–Crippen LogP) is 4.18. The van der Waals surface area contributed by atoms with Crippen molar-refractivity contribution < 1.29 is 27.4 Å². The Kier molecular flexibility index (Phi) is 14.8. The summed E-state index contributed by atoms with van der Waals surface area (Å²) in [6.45, 7) is 20.1. The maximum Gasteiger partial charge on any atom is 0.175 e. The van der Waals surface area contributed by atoms with E-state index in [1.165, 1.54) is 10.2 Å². The summed E-state index contributed by atoms with van der Waals surface area (Å²) in [5.74, 6) is 7.15. The van der Waals surface area contributed by atoms with Gasteiger partial charge in [0.15, 0.2) is 28.9 Å². The molecule has 0 aromatic carbocycles. The molecule has 6 aliphatic heterocycles. The van der Waals surface area contributed by atoms with Crippen LogP contribution >= 0.6 is 22.7 Å². The highest BCUT2D eigenvalue weighted by Gasteiger charge is 2.28. The average Bonchev–Trinajstić information content (AvgIpc) is 4.18. The van der Waals surface area contributed by atoms with Gasteiger partial charge in [0.05, 0.1) is 90.6 Å². The van der Waals surface area contributed by atoms with Crippen LogP contribution in [0.25, 0.3) is 26.6 Å². The summed E-state index contributed by atoms with van der Waals surface area (Å²) < 4.78 is 47.4. The molecule has 4 fully saturated rings. The molecule has 20 nitrogen and oxygen atoms in total. The van der Waals surface area contributed by atoms with Gasteiger partial charge < -0.3 is 38.5 Å². The first-order valence-electron chi connectivity index (χ1n) is 21.6. The smallest absolute Gasteiger partial charge is 0.175 e. The van der Waals surface area contributed by atoms with E-state index in [2.05, 4.69) is 80.9 Å². The van der Waals surface area contributed by atoms with Crippen LogP contribution in [0, 0.1) is 27.7 Å². The molecule has 6 aliphatic rings. The number of rotatable bonds is 4. The number of morpholine rings is 4. The Balaban J connectivity index is 0.000000111. The largest absolute Gasteiger partial charge is 0.378 e. The van der Waals surface area contributed by atoms with Gasteiger partial charge in [-0.3, -0.25) is 0 Å². The van der Waals surface area contributed by atoms with Crippen molar-refractivity contribution in [3.8, 4) is 0 Å². The molecule has 4 saturated heterocycles. The fourth-order valence-electron chi connectivity index (χ4n) is 7.79. The van der Waals surface area contributed by atoms with E-state index in [1.807, 2.05) is 39.3 Å². The number of aromatic nitrogens is 9. The van der Waals surface area contributed by atoms with Gasteiger partial charge in [0, 0.05) is 57.8 Å². The van der Waals surface area contributed by atoms with Crippen molar-refractivity contribution in [1.82, 2.24) is 44.9 Å². The molecule has 66 heavy (non-hydrogen) atoms. The van der Waals surface area contributed by atoms with Crippen LogP contribution < -0.4 is 19.6 Å². The highest BCUT2D eigenvalue weighted by molar-refractivity contribution is 7.99. The molecular weight excluding hydrogens is 925 g/mol. The molecule has 0 amide bonds. The van der Waals surface area contributed by atoms with Gasteiger partial charge in [0.2, 0.25) is 0 Å². The number of nitrogens with zero attached hydrogens (tertiary/aromatic N) is 14. The second-order valence-electron chi connectivity index (χ2n) is 15.4. The van der Waals surface area contributed by atoms with Crippen molar-refractivity contribution in [3.63, 3.8) is 0 Å². The number of hydrogen-bond acceptors (Lipinski definition) is 22. The molecule has 6 aromatic heterocycles. The van der Waals surface area contributed by atoms with Gasteiger partial charge in [0.25, 0.3) is 0 Å². The summed E-state index contributed by atoms with van der Waals surface area (Å²) in [6, 6.07) is 2.05. The molecule has 0 spiro atoms. The average molecular weight is 975 g/mol. The van der Waals surface area contributed by atoms with Crippen molar-refractivity contribution in [3.05, 3.63) is 51.4 Å². The quantitative estimate of drug-likeness (QED) is 0.242. The Labute approximate surface area is 394 Å². The highest BCUT2D eigenvalue weighted by atomic mass is 32.2. The third-order valence-corrected chi connectivity index (χ3v) is 14.8. The van der Waals surface area contributed by atoms with Crippen LogP contribution in [0.2, 0.25) is 0 Å². The Bertz CT molecular complexity index is 2600. The summed E-state index contributed by atoms with van der Waals surface area (Å²) in [6.07, 6.45) is 1.81. The Hall–Kier alpha value is -5.08. The monoisotopic (exact) mass is 974 g/mol. The Morgan fingerprint density at radius 2 is 1.02 bits per heavy atom. The Morgan fingerprint density at radius 3 is 1.61 bits per heavy atom. The summed E-state index contributed by atoms with van der Waals surface area (Å²) in [5.41, 5.74) is 5.89. The molecule has 24 heteroatoms. The maximum atomic E-state index is 11.9. The summed E-state index contributed by atoms with van der Waals surface area (Å²) in [4.78, 5) is 53.7. The minimum absolute atomic E-state index is 0.539. The SMILES string of the molecule is Cc1nc(N2CCOCC2)c2sccc2n1.Cc1nc(N2CCOCC2)c2scnc2n1.Cc1nc2c(c(N3CCOCC3)n1)S(=O)C=C2.Cc1nc2c(c(N3CCOCC3)n1)S(=O)C=N2. The van der Waals surface area contributed by atoms with Crippen LogP contribution in [-0.2, 0) is 40.5 Å². The van der Waals surface area contributed by atoms with E-state index in [0.29, 0.717) is 48.8 Å². The van der Waals surface area contributed by atoms with Crippen LogP contribution in [-0.4, -0.2) is 164 Å². The van der Waals surface area contributed by atoms with E-state index < -0.39 is 21.6 Å². The number of hydrogen-bond donors (Lipinski definition) is 0. The number of aryl methyl sites for hydroxylation is 4. The van der Waals surface area contributed by atoms with E-state index in [1.54, 1.807) is 28.1 Å². The van der Waals surface area contributed by atoms with E-state index >= 15 is 0 Å². The van der Waals surface area contributed by atoms with Crippen molar-refractivity contribution in [1.29, 1.82) is 0 Å². The molecule has 6 aromatic rings. The molecule has 2 atom stereocenters. The van der Waals surface area contributed by atoms with E-state index in [0.717, 1.165) is 140 Å². The van der Waals surface area contributed by atoms with Crippen molar-refractivity contribution in [2.24, 2.45) is 4.99 Å². The molecule has 348 valence electrons. The standard InChI is InChI=1S/C11H13N3O2S.C11H13N3OS.C10H12N4O2S.C10H12N4OS/c1-8-12-9-2-7-17(15)10(9)11(13-8)14-3-5-16-6-4-14;1-8-12-9-2-7-16-10(9)11(13-8)14-3-5-15-6-4-14;1-7-12-9-8(17(15)6-11-9)10(13-7)14-2-4-16-5-3-14;1-7-12-9-8(16-6-11-9)10(13-7)14-2-4-15-5-3-14/h2,7H,3-6H2,1H3;2,7H,3-6H2,1H3;6H,2-5H2,1H3;6H,2-5H2,1H3. The maximum absolute atomic E-state index is 11.9. The van der Waals surface area contributed by atoms with Gasteiger partial charge in [-0.2, -0.15) is 0 Å². The molecule has 12 rings (SSSR count). The molecule has 0 saturated carbocycles. The second-order valence-corrected chi connectivity index (χ2v) is 19.7. The summed E-state index contributed by atoms with van der Waals surface area (Å²) >= 11 is 3.31. The molecular formula is C42H50N14O6S4. The van der Waals surface area contributed by atoms with Gasteiger partial charge in [-0.25, -0.2) is 58.3 Å². The van der Waals surface area contributed by atoms with Crippen molar-refractivity contribution in [2.45, 2.75) is 37.5 Å².